The Bertz CT molecular complexity index is 645. The van der Waals surface area contributed by atoms with Crippen molar-refractivity contribution in [3.63, 3.8) is 0 Å². The van der Waals surface area contributed by atoms with E-state index in [4.69, 9.17) is 38.8 Å². The zero-order chi connectivity index (χ0) is 16.2. The van der Waals surface area contributed by atoms with Gasteiger partial charge in [-0.2, -0.15) is 0 Å². The topological polar surface area (TPSA) is 85.4 Å². The number of nitrogens with zero attached hydrogens (tertiary/aromatic N) is 1. The van der Waals surface area contributed by atoms with Gasteiger partial charge < -0.3 is 9.84 Å². The van der Waals surface area contributed by atoms with Crippen LogP contribution in [-0.2, 0) is 9.25 Å². The van der Waals surface area contributed by atoms with Crippen molar-refractivity contribution in [1.82, 2.24) is 4.98 Å². The summed E-state index contributed by atoms with van der Waals surface area (Å²) >= 11 is 11.2. The number of hydrogen-bond acceptors (Lipinski definition) is 4. The summed E-state index contributed by atoms with van der Waals surface area (Å²) < 4.78 is 3.82. The number of nitrogens with two attached hydrogens (primary N) is 1. The normalized spacial score (nSPS) is 16.0. The second-order valence-corrected chi connectivity index (χ2v) is 5.97. The number of halogens is 2. The summed E-state index contributed by atoms with van der Waals surface area (Å²) in [6.45, 7) is 0.196. The first-order chi connectivity index (χ1) is 10.4. The lowest BCUT2D eigenvalue weighted by molar-refractivity contribution is -0.138. The molecule has 0 saturated heterocycles. The molecule has 0 saturated carbocycles. The van der Waals surface area contributed by atoms with Crippen molar-refractivity contribution in [2.45, 2.75) is 10.4 Å². The average Bonchev–Trinajstić information content (AvgIpc) is 2.92. The van der Waals surface area contributed by atoms with E-state index in [9.17, 15) is 4.79 Å². The molecule has 116 valence electrons. The number of benzene rings is 1. The molecular weight excluding hydrogens is 327 g/mol. The van der Waals surface area contributed by atoms with E-state index < -0.39 is 16.3 Å². The summed E-state index contributed by atoms with van der Waals surface area (Å²) in [6.07, 6.45) is 1.59. The van der Waals surface area contributed by atoms with E-state index in [-0.39, 0.29) is 6.61 Å². The third-order valence-corrected chi connectivity index (χ3v) is 3.46. The van der Waals surface area contributed by atoms with Crippen molar-refractivity contribution < 1.29 is 14.6 Å². The third-order valence-electron chi connectivity index (χ3n) is 3.02. The van der Waals surface area contributed by atoms with Crippen LogP contribution < -0.4 is 10.5 Å². The van der Waals surface area contributed by atoms with E-state index in [1.165, 1.54) is 0 Å². The van der Waals surface area contributed by atoms with Crippen LogP contribution in [0.25, 0.3) is 0 Å². The van der Waals surface area contributed by atoms with Crippen molar-refractivity contribution in [3.8, 4) is 5.88 Å². The van der Waals surface area contributed by atoms with Crippen LogP contribution in [0.4, 0.5) is 0 Å². The number of carboxylic acids is 1. The van der Waals surface area contributed by atoms with Gasteiger partial charge in [0.2, 0.25) is 5.88 Å². The van der Waals surface area contributed by atoms with E-state index in [1.807, 2.05) is 18.2 Å². The maximum atomic E-state index is 10.7. The fourth-order valence-electron chi connectivity index (χ4n) is 1.91. The molecule has 7 heteroatoms. The lowest BCUT2D eigenvalue weighted by Gasteiger charge is -2.12. The Morgan fingerprint density at radius 3 is 2.50 bits per heavy atom. The fourth-order valence-corrected chi connectivity index (χ4v) is 2.16. The molecule has 1 aliphatic rings. The molecule has 0 aliphatic carbocycles. The Hall–Kier alpha value is -1.82. The second kappa shape index (κ2) is 6.96. The first-order valence-corrected chi connectivity index (χ1v) is 7.18. The van der Waals surface area contributed by atoms with Crippen molar-refractivity contribution >= 4 is 29.2 Å². The number of rotatable bonds is 2. The van der Waals surface area contributed by atoms with E-state index in [1.54, 1.807) is 30.5 Å². The number of hydrogen-bond donors (Lipinski definition) is 2. The van der Waals surface area contributed by atoms with Crippen molar-refractivity contribution in [2.24, 2.45) is 5.73 Å². The molecule has 3 rings (SSSR count). The van der Waals surface area contributed by atoms with Crippen LogP contribution in [0.15, 0.2) is 48.7 Å². The van der Waals surface area contributed by atoms with Gasteiger partial charge >= 0.3 is 5.97 Å². The van der Waals surface area contributed by atoms with Crippen LogP contribution in [0.2, 0.25) is 0 Å². The first kappa shape index (κ1) is 16.5. The molecule has 2 heterocycles. The maximum Gasteiger partial charge on any atom is 0.314 e. The molecule has 0 radical (unpaired) electrons. The minimum atomic E-state index is -1.26. The van der Waals surface area contributed by atoms with Gasteiger partial charge in [-0.15, -0.1) is 0 Å². The predicted molar refractivity (Wildman–Crippen MR) is 84.1 cm³/mol. The van der Waals surface area contributed by atoms with Gasteiger partial charge in [0.1, 0.15) is 12.5 Å². The van der Waals surface area contributed by atoms with Crippen LogP contribution in [0.5, 0.6) is 5.88 Å². The monoisotopic (exact) mass is 340 g/mol. The Kier molecular flexibility index (Phi) is 5.24. The summed E-state index contributed by atoms with van der Waals surface area (Å²) in [5.74, 6) is -0.958. The Labute approximate surface area is 137 Å². The molecule has 22 heavy (non-hydrogen) atoms. The summed E-state index contributed by atoms with van der Waals surface area (Å²) in [5.41, 5.74) is 6.77. The number of ether oxygens (including phenoxy) is 1. The highest BCUT2D eigenvalue weighted by atomic mass is 35.5. The van der Waals surface area contributed by atoms with E-state index in [2.05, 4.69) is 4.98 Å². The Morgan fingerprint density at radius 2 is 1.95 bits per heavy atom. The van der Waals surface area contributed by atoms with Crippen LogP contribution in [0.3, 0.4) is 0 Å². The molecule has 1 unspecified atom stereocenters. The summed E-state index contributed by atoms with van der Waals surface area (Å²) in [5, 5.41) is 8.75. The predicted octanol–water partition coefficient (Wildman–Crippen LogP) is 2.88. The van der Waals surface area contributed by atoms with Gasteiger partial charge in [0, 0.05) is 17.3 Å². The summed E-state index contributed by atoms with van der Waals surface area (Å²) in [7, 11) is 0. The lowest BCUT2D eigenvalue weighted by atomic mass is 10.0. The smallest absolute Gasteiger partial charge is 0.314 e. The number of aromatic nitrogens is 1. The molecule has 0 amide bonds. The quantitative estimate of drug-likeness (QED) is 0.648. The van der Waals surface area contributed by atoms with Crippen LogP contribution in [0.1, 0.15) is 17.0 Å². The van der Waals surface area contributed by atoms with Crippen molar-refractivity contribution in [1.29, 1.82) is 0 Å². The summed E-state index contributed by atoms with van der Waals surface area (Å²) in [4.78, 5) is 14.6. The summed E-state index contributed by atoms with van der Waals surface area (Å²) in [6, 6.07) is 12.5. The molecule has 3 N–H and O–H groups in total. The van der Waals surface area contributed by atoms with Crippen molar-refractivity contribution in [3.05, 3.63) is 59.8 Å². The molecule has 1 aliphatic heterocycles. The average molecular weight is 341 g/mol. The van der Waals surface area contributed by atoms with Gasteiger partial charge in [0.05, 0.1) is 0 Å². The van der Waals surface area contributed by atoms with Crippen molar-refractivity contribution in [2.75, 3.05) is 6.61 Å². The van der Waals surface area contributed by atoms with Crippen LogP contribution in [0, 0.1) is 0 Å². The largest absolute Gasteiger partial charge is 0.481 e. The minimum absolute atomic E-state index is 0.196. The van der Waals surface area contributed by atoms with Gasteiger partial charge in [0.15, 0.2) is 4.46 Å². The van der Waals surface area contributed by atoms with Crippen LogP contribution in [-0.4, -0.2) is 22.7 Å². The molecule has 0 fully saturated rings. The standard InChI is InChI=1S/C8H7NO3.C7H7Cl2N/c10-8(11)6-4-12-7-5(6)2-1-3-9-7;8-7(9,10)6-4-2-1-3-5-6/h1-3,6H,4H2,(H,10,11);1-5H,10H2. The zero-order valence-electron chi connectivity index (χ0n) is 11.4. The fraction of sp³-hybridized carbons (Fsp3) is 0.200. The van der Waals surface area contributed by atoms with Gasteiger partial charge in [-0.25, -0.2) is 4.98 Å². The van der Waals surface area contributed by atoms with Crippen LogP contribution >= 0.6 is 23.2 Å². The second-order valence-electron chi connectivity index (χ2n) is 4.59. The van der Waals surface area contributed by atoms with Gasteiger partial charge in [0.25, 0.3) is 0 Å². The minimum Gasteiger partial charge on any atom is -0.481 e. The SMILES string of the molecule is NC(Cl)(Cl)c1ccccc1.O=C(O)C1COc2ncccc21. The number of alkyl halides is 2. The number of aliphatic carboxylic acids is 1. The third kappa shape index (κ3) is 4.10. The zero-order valence-corrected chi connectivity index (χ0v) is 13.0. The molecule has 1 aromatic heterocycles. The molecule has 1 aromatic carbocycles. The van der Waals surface area contributed by atoms with E-state index in [0.717, 1.165) is 0 Å². The lowest BCUT2D eigenvalue weighted by Crippen LogP contribution is -2.21. The Balaban J connectivity index is 0.000000164. The Morgan fingerprint density at radius 1 is 1.27 bits per heavy atom. The van der Waals surface area contributed by atoms with Gasteiger partial charge in [-0.1, -0.05) is 59.6 Å². The molecule has 0 spiro atoms. The van der Waals surface area contributed by atoms with E-state index in [0.29, 0.717) is 17.0 Å². The highest BCUT2D eigenvalue weighted by Gasteiger charge is 2.30. The molecule has 2 aromatic rings. The number of carboxylic acid groups (broad SMARTS) is 1. The first-order valence-electron chi connectivity index (χ1n) is 6.42. The molecule has 0 bridgehead atoms. The van der Waals surface area contributed by atoms with E-state index >= 15 is 0 Å². The molecule has 5 nitrogen and oxygen atoms in total. The molecular formula is C15H14Cl2N2O3. The maximum absolute atomic E-state index is 10.7. The van der Waals surface area contributed by atoms with Gasteiger partial charge in [-0.05, 0) is 6.07 Å². The number of fused-ring (bicyclic) bond motifs is 1. The van der Waals surface area contributed by atoms with Gasteiger partial charge in [-0.3, -0.25) is 10.5 Å². The molecule has 1 atom stereocenters. The highest BCUT2D eigenvalue weighted by Crippen LogP contribution is 2.31. The highest BCUT2D eigenvalue weighted by molar-refractivity contribution is 6.47. The number of pyridine rings is 1. The number of carbonyl (C=O) groups is 1.